The standard InChI is InChI=1S/C23H17BrCl3N5O4/c1-11(33)30(14-5-6-14)22(35)15-8-13(25)9-17(27)20(15)31(12(2)34)23(36)18-10-19(24)29-32(18)21-16(26)4-3-7-28-21/h3-4,7-10,14H,5-6H2,1-2H3. The lowest BCUT2D eigenvalue weighted by Gasteiger charge is -2.26. The molecule has 3 aromatic rings. The Morgan fingerprint density at radius 2 is 1.69 bits per heavy atom. The van der Waals surface area contributed by atoms with Gasteiger partial charge in [-0.25, -0.2) is 14.6 Å². The number of carbonyl (C=O) groups excluding carboxylic acids is 4. The van der Waals surface area contributed by atoms with E-state index in [1.807, 2.05) is 0 Å². The number of imide groups is 2. The first-order valence-electron chi connectivity index (χ1n) is 10.6. The maximum Gasteiger partial charge on any atom is 0.283 e. The van der Waals surface area contributed by atoms with E-state index < -0.39 is 23.6 Å². The fraction of sp³-hybridized carbons (Fsp3) is 0.217. The number of hydrogen-bond acceptors (Lipinski definition) is 6. The van der Waals surface area contributed by atoms with Gasteiger partial charge in [0.25, 0.3) is 11.8 Å². The molecule has 0 aliphatic heterocycles. The van der Waals surface area contributed by atoms with Gasteiger partial charge in [-0.3, -0.25) is 24.1 Å². The number of hydrogen-bond donors (Lipinski definition) is 0. The molecule has 1 fully saturated rings. The molecule has 36 heavy (non-hydrogen) atoms. The summed E-state index contributed by atoms with van der Waals surface area (Å²) in [5.41, 5.74) is -0.460. The molecule has 1 aromatic carbocycles. The molecule has 1 saturated carbocycles. The zero-order chi connectivity index (χ0) is 26.3. The van der Waals surface area contributed by atoms with Gasteiger partial charge in [-0.2, -0.15) is 5.10 Å². The number of amides is 4. The Morgan fingerprint density at radius 1 is 1.00 bits per heavy atom. The van der Waals surface area contributed by atoms with Gasteiger partial charge in [0.1, 0.15) is 10.3 Å². The van der Waals surface area contributed by atoms with Crippen molar-refractivity contribution in [2.45, 2.75) is 32.7 Å². The summed E-state index contributed by atoms with van der Waals surface area (Å²) in [4.78, 5) is 58.5. The van der Waals surface area contributed by atoms with Crippen molar-refractivity contribution in [2.75, 3.05) is 4.90 Å². The van der Waals surface area contributed by atoms with Crippen molar-refractivity contribution in [1.29, 1.82) is 0 Å². The smallest absolute Gasteiger partial charge is 0.276 e. The van der Waals surface area contributed by atoms with E-state index in [-0.39, 0.29) is 48.5 Å². The van der Waals surface area contributed by atoms with E-state index in [2.05, 4.69) is 26.0 Å². The molecule has 0 bridgehead atoms. The zero-order valence-corrected chi connectivity index (χ0v) is 22.7. The van der Waals surface area contributed by atoms with Crippen LogP contribution in [0.2, 0.25) is 15.1 Å². The Hall–Kier alpha value is -2.79. The fourth-order valence-electron chi connectivity index (χ4n) is 3.70. The Labute approximate surface area is 229 Å². The third kappa shape index (κ3) is 5.04. The summed E-state index contributed by atoms with van der Waals surface area (Å²) >= 11 is 22.1. The number of pyridine rings is 1. The highest BCUT2D eigenvalue weighted by molar-refractivity contribution is 9.10. The number of nitrogens with zero attached hydrogens (tertiary/aromatic N) is 5. The topological polar surface area (TPSA) is 105 Å². The van der Waals surface area contributed by atoms with E-state index in [0.717, 1.165) is 16.7 Å². The first-order valence-corrected chi connectivity index (χ1v) is 12.5. The normalized spacial score (nSPS) is 12.8. The van der Waals surface area contributed by atoms with Gasteiger partial charge in [-0.05, 0) is 53.0 Å². The van der Waals surface area contributed by atoms with E-state index in [9.17, 15) is 19.2 Å². The molecule has 1 aliphatic carbocycles. The van der Waals surface area contributed by atoms with Crippen LogP contribution >= 0.6 is 50.7 Å². The zero-order valence-electron chi connectivity index (χ0n) is 18.8. The van der Waals surface area contributed by atoms with Crippen LogP contribution in [0.1, 0.15) is 47.5 Å². The monoisotopic (exact) mass is 611 g/mol. The molecule has 9 nitrogen and oxygen atoms in total. The minimum atomic E-state index is -0.860. The molecule has 0 unspecified atom stereocenters. The quantitative estimate of drug-likeness (QED) is 0.385. The van der Waals surface area contributed by atoms with Crippen LogP contribution in [0.25, 0.3) is 5.82 Å². The molecule has 4 amide bonds. The van der Waals surface area contributed by atoms with E-state index in [4.69, 9.17) is 34.8 Å². The maximum atomic E-state index is 13.8. The number of benzene rings is 1. The molecular weight excluding hydrogens is 597 g/mol. The van der Waals surface area contributed by atoms with Gasteiger partial charge < -0.3 is 0 Å². The van der Waals surface area contributed by atoms with E-state index in [1.165, 1.54) is 36.0 Å². The lowest BCUT2D eigenvalue weighted by Crippen LogP contribution is -2.41. The van der Waals surface area contributed by atoms with Crippen LogP contribution in [0.3, 0.4) is 0 Å². The molecule has 13 heteroatoms. The molecule has 2 aromatic heterocycles. The van der Waals surface area contributed by atoms with Gasteiger partial charge in [-0.15, -0.1) is 0 Å². The third-order valence-electron chi connectivity index (χ3n) is 5.31. The molecule has 1 aliphatic rings. The van der Waals surface area contributed by atoms with Crippen molar-refractivity contribution in [2.24, 2.45) is 0 Å². The van der Waals surface area contributed by atoms with Crippen molar-refractivity contribution in [3.63, 3.8) is 0 Å². The summed E-state index contributed by atoms with van der Waals surface area (Å²) in [5, 5.41) is 4.40. The van der Waals surface area contributed by atoms with Crippen LogP contribution in [0.4, 0.5) is 5.69 Å². The predicted octanol–water partition coefficient (Wildman–Crippen LogP) is 5.33. The van der Waals surface area contributed by atoms with Crippen LogP contribution in [-0.4, -0.2) is 49.3 Å². The van der Waals surface area contributed by atoms with Crippen LogP contribution < -0.4 is 4.90 Å². The summed E-state index contributed by atoms with van der Waals surface area (Å²) in [6, 6.07) is 6.86. The van der Waals surface area contributed by atoms with Gasteiger partial charge >= 0.3 is 0 Å². The van der Waals surface area contributed by atoms with Crippen LogP contribution in [0.15, 0.2) is 41.1 Å². The second-order valence-corrected chi connectivity index (χ2v) is 10.0. The van der Waals surface area contributed by atoms with Crippen LogP contribution in [0, 0.1) is 0 Å². The lowest BCUT2D eigenvalue weighted by atomic mass is 10.1. The minimum Gasteiger partial charge on any atom is -0.276 e. The Morgan fingerprint density at radius 3 is 2.28 bits per heavy atom. The summed E-state index contributed by atoms with van der Waals surface area (Å²) in [6.45, 7) is 2.41. The summed E-state index contributed by atoms with van der Waals surface area (Å²) in [6.07, 6.45) is 2.78. The van der Waals surface area contributed by atoms with E-state index in [0.29, 0.717) is 12.8 Å². The van der Waals surface area contributed by atoms with Gasteiger partial charge in [-0.1, -0.05) is 34.8 Å². The van der Waals surface area contributed by atoms with E-state index in [1.54, 1.807) is 12.1 Å². The molecule has 0 N–H and O–H groups in total. The van der Waals surface area contributed by atoms with Gasteiger partial charge in [0, 0.05) is 37.2 Å². The number of halogens is 4. The third-order valence-corrected chi connectivity index (χ3v) is 6.50. The highest BCUT2D eigenvalue weighted by atomic mass is 79.9. The average molecular weight is 614 g/mol. The minimum absolute atomic E-state index is 0.0901. The number of carbonyl (C=O) groups is 4. The second kappa shape index (κ2) is 10.3. The van der Waals surface area contributed by atoms with Crippen LogP contribution in [-0.2, 0) is 9.59 Å². The molecule has 0 saturated heterocycles. The van der Waals surface area contributed by atoms with Gasteiger partial charge in [0.15, 0.2) is 5.82 Å². The number of aromatic nitrogens is 3. The molecule has 4 rings (SSSR count). The van der Waals surface area contributed by atoms with E-state index >= 15 is 0 Å². The molecule has 2 heterocycles. The SMILES string of the molecule is CC(=O)N(C(=O)c1cc(Br)nn1-c1ncccc1Cl)c1c(Cl)cc(Cl)cc1C(=O)N(C(C)=O)C1CC1. The molecule has 0 spiro atoms. The summed E-state index contributed by atoms with van der Waals surface area (Å²) in [5.74, 6) is -2.65. The van der Waals surface area contributed by atoms with Crippen LogP contribution in [0.5, 0.6) is 0 Å². The molecule has 186 valence electrons. The Balaban J connectivity index is 1.89. The fourth-order valence-corrected chi connectivity index (χ4v) is 4.86. The molecular formula is C23H17BrCl3N5O4. The first kappa shape index (κ1) is 26.3. The largest absolute Gasteiger partial charge is 0.283 e. The van der Waals surface area contributed by atoms with Crippen molar-refractivity contribution in [3.05, 3.63) is 67.5 Å². The second-order valence-electron chi connectivity index (χ2n) is 7.94. The summed E-state index contributed by atoms with van der Waals surface area (Å²) < 4.78 is 1.44. The van der Waals surface area contributed by atoms with Gasteiger partial charge in [0.2, 0.25) is 11.8 Å². The number of rotatable bonds is 5. The lowest BCUT2D eigenvalue weighted by molar-refractivity contribution is -0.126. The number of anilines is 1. The average Bonchev–Trinajstić information content (AvgIpc) is 3.54. The summed E-state index contributed by atoms with van der Waals surface area (Å²) in [7, 11) is 0. The predicted molar refractivity (Wildman–Crippen MR) is 138 cm³/mol. The maximum absolute atomic E-state index is 13.8. The van der Waals surface area contributed by atoms with Gasteiger partial charge in [0.05, 0.1) is 21.3 Å². The highest BCUT2D eigenvalue weighted by Crippen LogP contribution is 2.38. The highest BCUT2D eigenvalue weighted by Gasteiger charge is 2.39. The van der Waals surface area contributed by atoms with Crippen molar-refractivity contribution >= 4 is 80.0 Å². The Bertz CT molecular complexity index is 1420. The van der Waals surface area contributed by atoms with Crippen molar-refractivity contribution < 1.29 is 19.2 Å². The molecule has 0 atom stereocenters. The van der Waals surface area contributed by atoms with Crippen molar-refractivity contribution in [3.8, 4) is 5.82 Å². The molecule has 0 radical (unpaired) electrons. The first-order chi connectivity index (χ1) is 17.0. The van der Waals surface area contributed by atoms with Crippen molar-refractivity contribution in [1.82, 2.24) is 19.7 Å². The Kier molecular flexibility index (Phi) is 7.51.